The molecule has 2 rings (SSSR count). The van der Waals surface area contributed by atoms with Crippen LogP contribution in [0, 0.1) is 0 Å². The highest BCUT2D eigenvalue weighted by molar-refractivity contribution is 7.89. The molecular formula is C14H20ClNO4S. The molecule has 1 fully saturated rings. The van der Waals surface area contributed by atoms with Crippen LogP contribution in [0.2, 0.25) is 0 Å². The van der Waals surface area contributed by atoms with E-state index >= 15 is 0 Å². The topological polar surface area (TPSA) is 55.8 Å². The van der Waals surface area contributed by atoms with Crippen molar-refractivity contribution in [2.75, 3.05) is 32.9 Å². The largest absolute Gasteiger partial charge is 0.494 e. The Morgan fingerprint density at radius 3 is 2.86 bits per heavy atom. The van der Waals surface area contributed by atoms with Crippen molar-refractivity contribution in [3.05, 3.63) is 23.8 Å². The molecule has 1 heterocycles. The normalized spacial score (nSPS) is 17.4. The molecule has 0 atom stereocenters. The summed E-state index contributed by atoms with van der Waals surface area (Å²) >= 11 is 5.89. The van der Waals surface area contributed by atoms with Gasteiger partial charge in [0.05, 0.1) is 24.0 Å². The van der Waals surface area contributed by atoms with Gasteiger partial charge in [-0.2, -0.15) is 4.31 Å². The molecule has 0 N–H and O–H groups in total. The first-order chi connectivity index (χ1) is 10.1. The summed E-state index contributed by atoms with van der Waals surface area (Å²) in [4.78, 5) is 0.253. The lowest BCUT2D eigenvalue weighted by Gasteiger charge is -2.20. The maximum atomic E-state index is 12.7. The van der Waals surface area contributed by atoms with Gasteiger partial charge in [0.15, 0.2) is 0 Å². The quantitative estimate of drug-likeness (QED) is 0.775. The van der Waals surface area contributed by atoms with E-state index < -0.39 is 10.0 Å². The van der Waals surface area contributed by atoms with Crippen LogP contribution in [0.25, 0.3) is 0 Å². The number of hydrogen-bond donors (Lipinski definition) is 0. The number of benzene rings is 1. The molecule has 0 bridgehead atoms. The molecule has 5 nitrogen and oxygen atoms in total. The van der Waals surface area contributed by atoms with Gasteiger partial charge in [-0.05, 0) is 31.5 Å². The predicted molar refractivity (Wildman–Crippen MR) is 81.4 cm³/mol. The molecule has 1 aromatic carbocycles. The van der Waals surface area contributed by atoms with Crippen LogP contribution in [-0.4, -0.2) is 45.6 Å². The van der Waals surface area contributed by atoms with Crippen LogP contribution in [0.1, 0.15) is 18.9 Å². The van der Waals surface area contributed by atoms with E-state index in [2.05, 4.69) is 0 Å². The van der Waals surface area contributed by atoms with Crippen LogP contribution in [0.5, 0.6) is 5.75 Å². The zero-order valence-corrected chi connectivity index (χ0v) is 13.6. The van der Waals surface area contributed by atoms with Crippen molar-refractivity contribution in [3.63, 3.8) is 0 Å². The average Bonchev–Trinajstić information content (AvgIpc) is 2.77. The molecule has 0 radical (unpaired) electrons. The second-order valence-corrected chi connectivity index (χ2v) is 6.91. The maximum absolute atomic E-state index is 12.7. The lowest BCUT2D eigenvalue weighted by Crippen LogP contribution is -2.33. The number of alkyl halides is 1. The minimum Gasteiger partial charge on any atom is -0.494 e. The molecule has 118 valence electrons. The van der Waals surface area contributed by atoms with Crippen molar-refractivity contribution in [3.8, 4) is 5.75 Å². The SMILES string of the molecule is CCOc1ccc(S(=O)(=O)N2CCCOCC2)cc1CCl. The second-order valence-electron chi connectivity index (χ2n) is 4.71. The molecule has 0 spiro atoms. The van der Waals surface area contributed by atoms with Gasteiger partial charge < -0.3 is 9.47 Å². The number of hydrogen-bond acceptors (Lipinski definition) is 4. The van der Waals surface area contributed by atoms with E-state index in [0.29, 0.717) is 50.6 Å². The molecule has 0 amide bonds. The number of rotatable bonds is 5. The summed E-state index contributed by atoms with van der Waals surface area (Å²) in [5.41, 5.74) is 0.686. The minimum atomic E-state index is -3.51. The summed E-state index contributed by atoms with van der Waals surface area (Å²) < 4.78 is 37.5. The summed E-state index contributed by atoms with van der Waals surface area (Å²) in [5, 5.41) is 0. The Balaban J connectivity index is 2.30. The molecule has 1 aromatic rings. The monoisotopic (exact) mass is 333 g/mol. The lowest BCUT2D eigenvalue weighted by atomic mass is 10.2. The van der Waals surface area contributed by atoms with Gasteiger partial charge in [-0.25, -0.2) is 8.42 Å². The molecule has 0 unspecified atom stereocenters. The Bertz CT molecular complexity index is 568. The minimum absolute atomic E-state index is 0.210. The number of ether oxygens (including phenoxy) is 2. The van der Waals surface area contributed by atoms with Crippen molar-refractivity contribution < 1.29 is 17.9 Å². The van der Waals surface area contributed by atoms with E-state index in [1.807, 2.05) is 6.92 Å². The summed E-state index contributed by atoms with van der Waals surface area (Å²) in [6.45, 7) is 4.28. The van der Waals surface area contributed by atoms with Gasteiger partial charge in [0.25, 0.3) is 0 Å². The summed E-state index contributed by atoms with van der Waals surface area (Å²) in [5.74, 6) is 0.840. The van der Waals surface area contributed by atoms with Crippen LogP contribution in [0.3, 0.4) is 0 Å². The van der Waals surface area contributed by atoms with E-state index in [1.54, 1.807) is 18.2 Å². The predicted octanol–water partition coefficient (Wildman–Crippen LogP) is 2.24. The number of halogens is 1. The van der Waals surface area contributed by atoms with Crippen molar-refractivity contribution in [2.45, 2.75) is 24.1 Å². The van der Waals surface area contributed by atoms with Crippen molar-refractivity contribution in [1.82, 2.24) is 4.31 Å². The van der Waals surface area contributed by atoms with Gasteiger partial charge in [0, 0.05) is 25.3 Å². The van der Waals surface area contributed by atoms with E-state index in [4.69, 9.17) is 21.1 Å². The van der Waals surface area contributed by atoms with Gasteiger partial charge in [-0.15, -0.1) is 11.6 Å². The standard InChI is InChI=1S/C14H20ClNO4S/c1-2-20-14-5-4-13(10-12(14)11-15)21(17,18)16-6-3-8-19-9-7-16/h4-5,10H,2-3,6-9,11H2,1H3. The zero-order chi connectivity index (χ0) is 15.3. The van der Waals surface area contributed by atoms with Crippen LogP contribution in [0.15, 0.2) is 23.1 Å². The highest BCUT2D eigenvalue weighted by Crippen LogP contribution is 2.26. The Morgan fingerprint density at radius 1 is 1.33 bits per heavy atom. The van der Waals surface area contributed by atoms with E-state index in [9.17, 15) is 8.42 Å². The fraction of sp³-hybridized carbons (Fsp3) is 0.571. The van der Waals surface area contributed by atoms with Crippen molar-refractivity contribution in [1.29, 1.82) is 0 Å². The smallest absolute Gasteiger partial charge is 0.243 e. The Hall–Kier alpha value is -0.820. The third-order valence-corrected chi connectivity index (χ3v) is 5.48. The Morgan fingerprint density at radius 2 is 2.14 bits per heavy atom. The highest BCUT2D eigenvalue weighted by atomic mass is 35.5. The first kappa shape index (κ1) is 16.5. The summed E-state index contributed by atoms with van der Waals surface area (Å²) in [6, 6.07) is 4.84. The van der Waals surface area contributed by atoms with Crippen LogP contribution in [0.4, 0.5) is 0 Å². The van der Waals surface area contributed by atoms with Gasteiger partial charge in [0.1, 0.15) is 5.75 Å². The Labute approximate surface area is 130 Å². The third kappa shape index (κ3) is 3.88. The molecule has 21 heavy (non-hydrogen) atoms. The van der Waals surface area contributed by atoms with Gasteiger partial charge in [0.2, 0.25) is 10.0 Å². The summed E-state index contributed by atoms with van der Waals surface area (Å²) in [6.07, 6.45) is 0.707. The number of sulfonamides is 1. The van der Waals surface area contributed by atoms with Gasteiger partial charge >= 0.3 is 0 Å². The van der Waals surface area contributed by atoms with Crippen molar-refractivity contribution in [2.24, 2.45) is 0 Å². The van der Waals surface area contributed by atoms with Crippen LogP contribution >= 0.6 is 11.6 Å². The number of nitrogens with zero attached hydrogens (tertiary/aromatic N) is 1. The fourth-order valence-electron chi connectivity index (χ4n) is 2.23. The maximum Gasteiger partial charge on any atom is 0.243 e. The molecule has 0 saturated carbocycles. The third-order valence-electron chi connectivity index (χ3n) is 3.29. The lowest BCUT2D eigenvalue weighted by molar-refractivity contribution is 0.148. The second kappa shape index (κ2) is 7.45. The van der Waals surface area contributed by atoms with Crippen LogP contribution in [-0.2, 0) is 20.6 Å². The molecule has 1 aliphatic rings. The summed E-state index contributed by atoms with van der Waals surface area (Å²) in [7, 11) is -3.51. The fourth-order valence-corrected chi connectivity index (χ4v) is 3.95. The average molecular weight is 334 g/mol. The van der Waals surface area contributed by atoms with E-state index in [1.165, 1.54) is 4.31 Å². The van der Waals surface area contributed by atoms with E-state index in [0.717, 1.165) is 0 Å². The molecular weight excluding hydrogens is 314 g/mol. The molecule has 0 aromatic heterocycles. The molecule has 7 heteroatoms. The first-order valence-corrected chi connectivity index (χ1v) is 8.96. The molecule has 1 saturated heterocycles. The highest BCUT2D eigenvalue weighted by Gasteiger charge is 2.26. The van der Waals surface area contributed by atoms with E-state index in [-0.39, 0.29) is 10.8 Å². The van der Waals surface area contributed by atoms with Crippen molar-refractivity contribution >= 4 is 21.6 Å². The van der Waals surface area contributed by atoms with Gasteiger partial charge in [-0.3, -0.25) is 0 Å². The molecule has 0 aliphatic carbocycles. The first-order valence-electron chi connectivity index (χ1n) is 6.99. The Kier molecular flexibility index (Phi) is 5.87. The zero-order valence-electron chi connectivity index (χ0n) is 12.0. The van der Waals surface area contributed by atoms with Crippen LogP contribution < -0.4 is 4.74 Å². The molecule has 1 aliphatic heterocycles. The van der Waals surface area contributed by atoms with Gasteiger partial charge in [-0.1, -0.05) is 0 Å².